The molecule has 5 heteroatoms. The fraction of sp³-hybridized carbons (Fsp3) is 0.235. The number of para-hydroxylation sites is 2. The predicted octanol–water partition coefficient (Wildman–Crippen LogP) is 3.40. The second-order valence-electron chi connectivity index (χ2n) is 5.15. The molecule has 0 saturated heterocycles. The Morgan fingerprint density at radius 2 is 1.86 bits per heavy atom. The maximum atomic E-state index is 5.76. The van der Waals surface area contributed by atoms with E-state index in [-0.39, 0.29) is 0 Å². The smallest absolute Gasteiger partial charge is 0.164 e. The van der Waals surface area contributed by atoms with Crippen molar-refractivity contribution in [2.24, 2.45) is 0 Å². The van der Waals surface area contributed by atoms with Crippen LogP contribution >= 0.6 is 0 Å². The SMILES string of the molecule is COc1cc2c(cc1-c1nc3ccccc3[nH]1)OCCCO2. The number of imidazole rings is 1. The number of aromatic nitrogens is 2. The zero-order valence-corrected chi connectivity index (χ0v) is 12.3. The van der Waals surface area contributed by atoms with Crippen LogP contribution in [0.2, 0.25) is 0 Å². The van der Waals surface area contributed by atoms with E-state index in [0.717, 1.165) is 34.6 Å². The molecule has 0 aliphatic carbocycles. The van der Waals surface area contributed by atoms with Gasteiger partial charge in [-0.25, -0.2) is 4.98 Å². The van der Waals surface area contributed by atoms with Crippen molar-refractivity contribution in [3.8, 4) is 28.6 Å². The first-order valence-electron chi connectivity index (χ1n) is 7.28. The minimum atomic E-state index is 0.652. The van der Waals surface area contributed by atoms with Crippen LogP contribution in [0.5, 0.6) is 17.2 Å². The van der Waals surface area contributed by atoms with E-state index >= 15 is 0 Å². The molecule has 0 spiro atoms. The number of nitrogens with zero attached hydrogens (tertiary/aromatic N) is 1. The normalized spacial score (nSPS) is 13.9. The van der Waals surface area contributed by atoms with Crippen LogP contribution in [0, 0.1) is 0 Å². The first-order chi connectivity index (χ1) is 10.8. The first kappa shape index (κ1) is 13.0. The van der Waals surface area contributed by atoms with E-state index in [9.17, 15) is 0 Å². The summed E-state index contributed by atoms with van der Waals surface area (Å²) in [4.78, 5) is 7.95. The summed E-state index contributed by atoms with van der Waals surface area (Å²) in [6.45, 7) is 1.30. The second kappa shape index (κ2) is 5.26. The summed E-state index contributed by atoms with van der Waals surface area (Å²) in [5, 5.41) is 0. The third-order valence-corrected chi connectivity index (χ3v) is 3.71. The zero-order valence-electron chi connectivity index (χ0n) is 12.3. The fourth-order valence-corrected chi connectivity index (χ4v) is 2.62. The van der Waals surface area contributed by atoms with Gasteiger partial charge in [0.1, 0.15) is 11.6 Å². The lowest BCUT2D eigenvalue weighted by Crippen LogP contribution is -1.97. The van der Waals surface area contributed by atoms with E-state index in [0.29, 0.717) is 24.7 Å². The maximum absolute atomic E-state index is 5.76. The summed E-state index contributed by atoms with van der Waals surface area (Å²) >= 11 is 0. The van der Waals surface area contributed by atoms with Gasteiger partial charge in [0, 0.05) is 12.5 Å². The maximum Gasteiger partial charge on any atom is 0.164 e. The Kier molecular flexibility index (Phi) is 3.11. The highest BCUT2D eigenvalue weighted by Crippen LogP contribution is 2.40. The molecule has 0 fully saturated rings. The standard InChI is InChI=1S/C17H16N2O3/c1-20-14-10-16-15(21-7-4-8-22-16)9-11(14)17-18-12-5-2-3-6-13(12)19-17/h2-3,5-6,9-10H,4,7-8H2,1H3,(H,18,19). The van der Waals surface area contributed by atoms with E-state index in [2.05, 4.69) is 9.97 Å². The molecule has 4 rings (SSSR count). The van der Waals surface area contributed by atoms with Crippen LogP contribution < -0.4 is 14.2 Å². The van der Waals surface area contributed by atoms with E-state index in [1.54, 1.807) is 7.11 Å². The van der Waals surface area contributed by atoms with E-state index < -0.39 is 0 Å². The number of nitrogens with one attached hydrogen (secondary N) is 1. The summed E-state index contributed by atoms with van der Waals surface area (Å²) < 4.78 is 17.0. The number of H-pyrrole nitrogens is 1. The molecule has 0 unspecified atom stereocenters. The fourth-order valence-electron chi connectivity index (χ4n) is 2.62. The number of fused-ring (bicyclic) bond motifs is 2. The highest BCUT2D eigenvalue weighted by atomic mass is 16.5. The Morgan fingerprint density at radius 1 is 1.09 bits per heavy atom. The third-order valence-electron chi connectivity index (χ3n) is 3.71. The zero-order chi connectivity index (χ0) is 14.9. The van der Waals surface area contributed by atoms with E-state index in [4.69, 9.17) is 14.2 Å². The van der Waals surface area contributed by atoms with Crippen molar-refractivity contribution in [3.63, 3.8) is 0 Å². The van der Waals surface area contributed by atoms with E-state index in [1.807, 2.05) is 36.4 Å². The average molecular weight is 296 g/mol. The summed E-state index contributed by atoms with van der Waals surface area (Å²) in [7, 11) is 1.64. The molecular weight excluding hydrogens is 280 g/mol. The predicted molar refractivity (Wildman–Crippen MR) is 83.7 cm³/mol. The first-order valence-corrected chi connectivity index (χ1v) is 7.28. The van der Waals surface area contributed by atoms with Crippen LogP contribution in [0.1, 0.15) is 6.42 Å². The van der Waals surface area contributed by atoms with Crippen molar-refractivity contribution >= 4 is 11.0 Å². The molecule has 2 aromatic carbocycles. The molecular formula is C17H16N2O3. The molecule has 112 valence electrons. The van der Waals surface area contributed by atoms with Gasteiger partial charge in [0.25, 0.3) is 0 Å². The van der Waals surface area contributed by atoms with Crippen molar-refractivity contribution in [1.82, 2.24) is 9.97 Å². The molecule has 1 N–H and O–H groups in total. The minimum absolute atomic E-state index is 0.652. The lowest BCUT2D eigenvalue weighted by Gasteiger charge is -2.12. The van der Waals surface area contributed by atoms with Crippen molar-refractivity contribution in [2.45, 2.75) is 6.42 Å². The largest absolute Gasteiger partial charge is 0.496 e. The molecule has 2 heterocycles. The quantitative estimate of drug-likeness (QED) is 0.787. The van der Waals surface area contributed by atoms with Crippen LogP contribution in [-0.2, 0) is 0 Å². The molecule has 3 aromatic rings. The number of hydrogen-bond acceptors (Lipinski definition) is 4. The van der Waals surface area contributed by atoms with Crippen LogP contribution in [0.25, 0.3) is 22.4 Å². The molecule has 0 saturated carbocycles. The summed E-state index contributed by atoms with van der Waals surface area (Å²) in [6.07, 6.45) is 0.872. The Hall–Kier alpha value is -2.69. The Bertz CT molecular complexity index is 793. The van der Waals surface area contributed by atoms with Gasteiger partial charge in [-0.3, -0.25) is 0 Å². The van der Waals surface area contributed by atoms with Crippen molar-refractivity contribution in [2.75, 3.05) is 20.3 Å². The Labute approximate surface area is 127 Å². The van der Waals surface area contributed by atoms with Crippen LogP contribution in [0.3, 0.4) is 0 Å². The molecule has 5 nitrogen and oxygen atoms in total. The van der Waals surface area contributed by atoms with Gasteiger partial charge in [-0.2, -0.15) is 0 Å². The summed E-state index contributed by atoms with van der Waals surface area (Å²) in [5.41, 5.74) is 2.78. The number of methoxy groups -OCH3 is 1. The molecule has 0 radical (unpaired) electrons. The van der Waals surface area contributed by atoms with Gasteiger partial charge in [0.05, 0.1) is 36.9 Å². The molecule has 0 bridgehead atoms. The number of aromatic amines is 1. The molecule has 22 heavy (non-hydrogen) atoms. The molecule has 1 aromatic heterocycles. The minimum Gasteiger partial charge on any atom is -0.496 e. The van der Waals surface area contributed by atoms with Crippen molar-refractivity contribution < 1.29 is 14.2 Å². The van der Waals surface area contributed by atoms with Crippen molar-refractivity contribution in [1.29, 1.82) is 0 Å². The lowest BCUT2D eigenvalue weighted by atomic mass is 10.1. The van der Waals surface area contributed by atoms with Crippen LogP contribution in [0.4, 0.5) is 0 Å². The molecule has 0 amide bonds. The Morgan fingerprint density at radius 3 is 2.64 bits per heavy atom. The number of rotatable bonds is 2. The van der Waals surface area contributed by atoms with Gasteiger partial charge in [-0.1, -0.05) is 12.1 Å². The molecule has 1 aliphatic rings. The van der Waals surface area contributed by atoms with Gasteiger partial charge in [-0.05, 0) is 18.2 Å². The lowest BCUT2D eigenvalue weighted by molar-refractivity contribution is 0.296. The Balaban J connectivity index is 1.87. The van der Waals surface area contributed by atoms with Gasteiger partial charge < -0.3 is 19.2 Å². The van der Waals surface area contributed by atoms with Gasteiger partial charge >= 0.3 is 0 Å². The number of ether oxygens (including phenoxy) is 3. The van der Waals surface area contributed by atoms with Gasteiger partial charge in [-0.15, -0.1) is 0 Å². The molecule has 1 aliphatic heterocycles. The van der Waals surface area contributed by atoms with Crippen LogP contribution in [-0.4, -0.2) is 30.3 Å². The number of benzene rings is 2. The topological polar surface area (TPSA) is 56.4 Å². The van der Waals surface area contributed by atoms with Gasteiger partial charge in [0.2, 0.25) is 0 Å². The van der Waals surface area contributed by atoms with Crippen molar-refractivity contribution in [3.05, 3.63) is 36.4 Å². The van der Waals surface area contributed by atoms with Gasteiger partial charge in [0.15, 0.2) is 11.5 Å². The highest BCUT2D eigenvalue weighted by Gasteiger charge is 2.18. The highest BCUT2D eigenvalue weighted by molar-refractivity contribution is 5.81. The van der Waals surface area contributed by atoms with E-state index in [1.165, 1.54) is 0 Å². The average Bonchev–Trinajstić information content (AvgIpc) is 2.85. The second-order valence-corrected chi connectivity index (χ2v) is 5.15. The monoisotopic (exact) mass is 296 g/mol. The number of hydrogen-bond donors (Lipinski definition) is 1. The summed E-state index contributed by atoms with van der Waals surface area (Å²) in [5.74, 6) is 2.92. The third kappa shape index (κ3) is 2.15. The summed E-state index contributed by atoms with van der Waals surface area (Å²) in [6, 6.07) is 11.7. The molecule has 0 atom stereocenters. The van der Waals surface area contributed by atoms with Crippen LogP contribution in [0.15, 0.2) is 36.4 Å².